The summed E-state index contributed by atoms with van der Waals surface area (Å²) in [6.45, 7) is 2.71. The Morgan fingerprint density at radius 2 is 2.22 bits per heavy atom. The van der Waals surface area contributed by atoms with Gasteiger partial charge in [0.2, 0.25) is 0 Å². The average molecular weight is 244 g/mol. The van der Waals surface area contributed by atoms with Crippen molar-refractivity contribution in [2.45, 2.75) is 25.8 Å². The van der Waals surface area contributed by atoms with Gasteiger partial charge in [-0.25, -0.2) is 0 Å². The number of piperidine rings is 1. The van der Waals surface area contributed by atoms with E-state index in [-0.39, 0.29) is 12.0 Å². The van der Waals surface area contributed by atoms with E-state index in [2.05, 4.69) is 11.0 Å². The Bertz CT molecular complexity index is 493. The Morgan fingerprint density at radius 1 is 1.50 bits per heavy atom. The van der Waals surface area contributed by atoms with E-state index in [0.717, 1.165) is 5.69 Å². The predicted octanol–water partition coefficient (Wildman–Crippen LogP) is 2.25. The Balaban J connectivity index is 2.21. The maximum Gasteiger partial charge on any atom is 0.306 e. The highest BCUT2D eigenvalue weighted by molar-refractivity contribution is 5.71. The van der Waals surface area contributed by atoms with Gasteiger partial charge >= 0.3 is 5.97 Å². The minimum Gasteiger partial charge on any atom is -0.481 e. The van der Waals surface area contributed by atoms with Crippen molar-refractivity contribution in [3.63, 3.8) is 0 Å². The molecule has 2 atom stereocenters. The fourth-order valence-electron chi connectivity index (χ4n) is 2.57. The molecular formula is C14H16N2O2. The zero-order chi connectivity index (χ0) is 13.1. The van der Waals surface area contributed by atoms with Gasteiger partial charge in [0.1, 0.15) is 6.07 Å². The summed E-state index contributed by atoms with van der Waals surface area (Å²) < 4.78 is 0. The first-order chi connectivity index (χ1) is 8.63. The van der Waals surface area contributed by atoms with Crippen LogP contribution >= 0.6 is 0 Å². The summed E-state index contributed by atoms with van der Waals surface area (Å²) in [5.74, 6) is -0.972. The van der Waals surface area contributed by atoms with Crippen LogP contribution in [0.4, 0.5) is 5.69 Å². The van der Waals surface area contributed by atoms with Crippen LogP contribution < -0.4 is 4.90 Å². The van der Waals surface area contributed by atoms with Gasteiger partial charge in [0.25, 0.3) is 0 Å². The topological polar surface area (TPSA) is 64.3 Å². The molecule has 0 radical (unpaired) electrons. The number of anilines is 1. The van der Waals surface area contributed by atoms with E-state index in [4.69, 9.17) is 10.4 Å². The Kier molecular flexibility index (Phi) is 3.52. The SMILES string of the molecule is CC1CC(C(=O)O)CCN1c1ccccc1C#N. The molecule has 94 valence electrons. The Hall–Kier alpha value is -2.02. The monoisotopic (exact) mass is 244 g/mol. The van der Waals surface area contributed by atoms with Crippen molar-refractivity contribution in [3.05, 3.63) is 29.8 Å². The molecule has 1 aromatic rings. The lowest BCUT2D eigenvalue weighted by molar-refractivity contribution is -0.142. The third-order valence-electron chi connectivity index (χ3n) is 3.56. The van der Waals surface area contributed by atoms with Gasteiger partial charge < -0.3 is 10.0 Å². The average Bonchev–Trinajstić information content (AvgIpc) is 2.38. The third kappa shape index (κ3) is 2.30. The molecule has 4 nitrogen and oxygen atoms in total. The van der Waals surface area contributed by atoms with Gasteiger partial charge in [0, 0.05) is 12.6 Å². The van der Waals surface area contributed by atoms with Gasteiger partial charge in [-0.2, -0.15) is 5.26 Å². The van der Waals surface area contributed by atoms with Crippen molar-refractivity contribution in [1.82, 2.24) is 0 Å². The largest absolute Gasteiger partial charge is 0.481 e. The number of carboxylic acid groups (broad SMARTS) is 1. The first-order valence-electron chi connectivity index (χ1n) is 6.12. The molecule has 0 aromatic heterocycles. The van der Waals surface area contributed by atoms with Gasteiger partial charge in [-0.1, -0.05) is 12.1 Å². The molecule has 1 aliphatic rings. The van der Waals surface area contributed by atoms with Crippen LogP contribution in [0.3, 0.4) is 0 Å². The minimum atomic E-state index is -0.713. The molecule has 1 fully saturated rings. The molecule has 1 N–H and O–H groups in total. The van der Waals surface area contributed by atoms with E-state index in [9.17, 15) is 4.79 Å². The maximum atomic E-state index is 11.0. The summed E-state index contributed by atoms with van der Waals surface area (Å²) in [5, 5.41) is 18.1. The normalized spacial score (nSPS) is 23.4. The molecule has 2 rings (SSSR count). The van der Waals surface area contributed by atoms with Crippen LogP contribution in [0.2, 0.25) is 0 Å². The van der Waals surface area contributed by atoms with Gasteiger partial charge in [-0.3, -0.25) is 4.79 Å². The lowest BCUT2D eigenvalue weighted by Gasteiger charge is -2.38. The van der Waals surface area contributed by atoms with Crippen LogP contribution in [-0.4, -0.2) is 23.7 Å². The zero-order valence-corrected chi connectivity index (χ0v) is 10.3. The lowest BCUT2D eigenvalue weighted by Crippen LogP contribution is -2.43. The Morgan fingerprint density at radius 3 is 2.83 bits per heavy atom. The third-order valence-corrected chi connectivity index (χ3v) is 3.56. The summed E-state index contributed by atoms with van der Waals surface area (Å²) in [4.78, 5) is 13.1. The van der Waals surface area contributed by atoms with Crippen molar-refractivity contribution in [2.75, 3.05) is 11.4 Å². The molecule has 1 heterocycles. The van der Waals surface area contributed by atoms with Gasteiger partial charge in [-0.15, -0.1) is 0 Å². The highest BCUT2D eigenvalue weighted by Crippen LogP contribution is 2.30. The standard InChI is InChI=1S/C14H16N2O2/c1-10-8-11(14(17)18)6-7-16(10)13-5-3-2-4-12(13)9-15/h2-5,10-11H,6-8H2,1H3,(H,17,18). The number of hydrogen-bond acceptors (Lipinski definition) is 3. The lowest BCUT2D eigenvalue weighted by atomic mass is 9.91. The molecular weight excluding hydrogens is 228 g/mol. The van der Waals surface area contributed by atoms with Crippen LogP contribution in [0.25, 0.3) is 0 Å². The molecule has 2 unspecified atom stereocenters. The first kappa shape index (κ1) is 12.4. The molecule has 0 amide bonds. The quantitative estimate of drug-likeness (QED) is 0.866. The molecule has 0 saturated carbocycles. The smallest absolute Gasteiger partial charge is 0.306 e. The summed E-state index contributed by atoms with van der Waals surface area (Å²) in [6.07, 6.45) is 1.27. The van der Waals surface area contributed by atoms with Crippen molar-refractivity contribution in [1.29, 1.82) is 5.26 Å². The second-order valence-corrected chi connectivity index (χ2v) is 4.73. The number of para-hydroxylation sites is 1. The highest BCUT2D eigenvalue weighted by atomic mass is 16.4. The second-order valence-electron chi connectivity index (χ2n) is 4.73. The number of benzene rings is 1. The summed E-state index contributed by atoms with van der Waals surface area (Å²) in [5.41, 5.74) is 1.56. The van der Waals surface area contributed by atoms with E-state index >= 15 is 0 Å². The van der Waals surface area contributed by atoms with E-state index < -0.39 is 5.97 Å². The number of hydrogen-bond donors (Lipinski definition) is 1. The number of nitriles is 1. The van der Waals surface area contributed by atoms with Crippen LogP contribution in [0, 0.1) is 17.2 Å². The van der Waals surface area contributed by atoms with Crippen molar-refractivity contribution < 1.29 is 9.90 Å². The van der Waals surface area contributed by atoms with Crippen molar-refractivity contribution in [2.24, 2.45) is 5.92 Å². The molecule has 4 heteroatoms. The molecule has 0 spiro atoms. The number of nitrogens with zero attached hydrogens (tertiary/aromatic N) is 2. The molecule has 1 aromatic carbocycles. The van der Waals surface area contributed by atoms with Crippen LogP contribution in [-0.2, 0) is 4.79 Å². The fraction of sp³-hybridized carbons (Fsp3) is 0.429. The van der Waals surface area contributed by atoms with E-state index in [1.807, 2.05) is 25.1 Å². The van der Waals surface area contributed by atoms with Gasteiger partial charge in [0.15, 0.2) is 0 Å². The molecule has 0 aliphatic carbocycles. The second kappa shape index (κ2) is 5.09. The zero-order valence-electron chi connectivity index (χ0n) is 10.3. The minimum absolute atomic E-state index is 0.148. The van der Waals surface area contributed by atoms with E-state index in [0.29, 0.717) is 24.9 Å². The molecule has 18 heavy (non-hydrogen) atoms. The highest BCUT2D eigenvalue weighted by Gasteiger charge is 2.30. The molecule has 0 bridgehead atoms. The van der Waals surface area contributed by atoms with Gasteiger partial charge in [-0.05, 0) is 31.9 Å². The van der Waals surface area contributed by atoms with Crippen LogP contribution in [0.15, 0.2) is 24.3 Å². The van der Waals surface area contributed by atoms with Crippen LogP contribution in [0.1, 0.15) is 25.3 Å². The van der Waals surface area contributed by atoms with Crippen molar-refractivity contribution >= 4 is 11.7 Å². The summed E-state index contributed by atoms with van der Waals surface area (Å²) >= 11 is 0. The summed E-state index contributed by atoms with van der Waals surface area (Å²) in [7, 11) is 0. The first-order valence-corrected chi connectivity index (χ1v) is 6.12. The van der Waals surface area contributed by atoms with Crippen molar-refractivity contribution in [3.8, 4) is 6.07 Å². The number of aliphatic carboxylic acids is 1. The van der Waals surface area contributed by atoms with E-state index in [1.54, 1.807) is 6.07 Å². The predicted molar refractivity (Wildman–Crippen MR) is 68.3 cm³/mol. The van der Waals surface area contributed by atoms with E-state index in [1.165, 1.54) is 0 Å². The van der Waals surface area contributed by atoms with Gasteiger partial charge in [0.05, 0.1) is 17.2 Å². The maximum absolute atomic E-state index is 11.0. The fourth-order valence-corrected chi connectivity index (χ4v) is 2.57. The number of carbonyl (C=O) groups is 1. The number of rotatable bonds is 2. The summed E-state index contributed by atoms with van der Waals surface area (Å²) in [6, 6.07) is 9.81. The number of carboxylic acids is 1. The Labute approximate surface area is 106 Å². The molecule has 1 aliphatic heterocycles. The molecule has 1 saturated heterocycles. The van der Waals surface area contributed by atoms with Crippen LogP contribution in [0.5, 0.6) is 0 Å².